The Bertz CT molecular complexity index is 265. The van der Waals surface area contributed by atoms with Crippen LogP contribution in [-0.2, 0) is 9.59 Å². The predicted molar refractivity (Wildman–Crippen MR) is 55.1 cm³/mol. The minimum Gasteiger partial charge on any atom is -0.391 e. The first-order valence-corrected chi connectivity index (χ1v) is 5.19. The fraction of sp³-hybridized carbons (Fsp3) is 0.800. The van der Waals surface area contributed by atoms with Crippen molar-refractivity contribution in [2.75, 3.05) is 6.54 Å². The van der Waals surface area contributed by atoms with Gasteiger partial charge in [0.2, 0.25) is 5.91 Å². The maximum absolute atomic E-state index is 11.8. The van der Waals surface area contributed by atoms with Crippen LogP contribution in [0.5, 0.6) is 0 Å². The fourth-order valence-corrected chi connectivity index (χ4v) is 1.85. The second-order valence-electron chi connectivity index (χ2n) is 4.07. The summed E-state index contributed by atoms with van der Waals surface area (Å²) in [7, 11) is 0. The third-order valence-electron chi connectivity index (χ3n) is 2.81. The number of Topliss-reactive ketones (excluding diaryl/α,β-unsaturated/α-hetero) is 1. The van der Waals surface area contributed by atoms with Gasteiger partial charge >= 0.3 is 0 Å². The number of aliphatic hydroxyl groups is 1. The van der Waals surface area contributed by atoms with Crippen LogP contribution in [0, 0.1) is 0 Å². The van der Waals surface area contributed by atoms with Crippen LogP contribution in [0.3, 0.4) is 0 Å². The number of likely N-dealkylation sites (tertiary alicyclic amines) is 1. The summed E-state index contributed by atoms with van der Waals surface area (Å²) in [5.74, 6) is -0.346. The van der Waals surface area contributed by atoms with E-state index >= 15 is 0 Å². The normalized spacial score (nSPS) is 25.1. The first-order valence-electron chi connectivity index (χ1n) is 5.19. The number of hydrogen-bond donors (Lipinski definition) is 2. The van der Waals surface area contributed by atoms with E-state index in [1.807, 2.05) is 0 Å². The molecule has 1 fully saturated rings. The van der Waals surface area contributed by atoms with E-state index < -0.39 is 12.1 Å². The standard InChI is InChI=1S/C10H18N2O3/c1-6(13)8-4-3-5-12(8)10(15)9(11)7(2)14/h7-9,14H,3-5,11H2,1-2H3. The molecular weight excluding hydrogens is 196 g/mol. The Kier molecular flexibility index (Phi) is 3.82. The first kappa shape index (κ1) is 12.1. The first-order chi connectivity index (χ1) is 6.95. The molecule has 1 rings (SSSR count). The number of carbonyl (C=O) groups excluding carboxylic acids is 2. The Morgan fingerprint density at radius 1 is 1.53 bits per heavy atom. The van der Waals surface area contributed by atoms with Crippen LogP contribution in [0.2, 0.25) is 0 Å². The van der Waals surface area contributed by atoms with E-state index in [2.05, 4.69) is 0 Å². The SMILES string of the molecule is CC(=O)C1CCCN1C(=O)C(N)C(C)O. The lowest BCUT2D eigenvalue weighted by Gasteiger charge is -2.26. The Morgan fingerprint density at radius 3 is 2.60 bits per heavy atom. The summed E-state index contributed by atoms with van der Waals surface area (Å²) < 4.78 is 0. The van der Waals surface area contributed by atoms with Gasteiger partial charge in [0, 0.05) is 6.54 Å². The summed E-state index contributed by atoms with van der Waals surface area (Å²) in [4.78, 5) is 24.5. The maximum Gasteiger partial charge on any atom is 0.242 e. The smallest absolute Gasteiger partial charge is 0.242 e. The molecule has 0 aromatic carbocycles. The average molecular weight is 214 g/mol. The highest BCUT2D eigenvalue weighted by atomic mass is 16.3. The molecule has 0 saturated carbocycles. The Labute approximate surface area is 89.2 Å². The second kappa shape index (κ2) is 4.72. The molecule has 0 aromatic rings. The van der Waals surface area contributed by atoms with E-state index in [4.69, 9.17) is 5.73 Å². The Hall–Kier alpha value is -0.940. The Balaban J connectivity index is 2.70. The van der Waals surface area contributed by atoms with Gasteiger partial charge in [0.05, 0.1) is 12.1 Å². The van der Waals surface area contributed by atoms with E-state index in [0.717, 1.165) is 6.42 Å². The van der Waals surface area contributed by atoms with Gasteiger partial charge in [-0.05, 0) is 26.7 Å². The zero-order valence-electron chi connectivity index (χ0n) is 9.14. The summed E-state index contributed by atoms with van der Waals surface area (Å²) in [6.07, 6.45) is 0.640. The highest BCUT2D eigenvalue weighted by Gasteiger charge is 2.35. The second-order valence-corrected chi connectivity index (χ2v) is 4.07. The molecule has 5 nitrogen and oxygen atoms in total. The van der Waals surface area contributed by atoms with E-state index in [0.29, 0.717) is 13.0 Å². The number of nitrogens with zero attached hydrogens (tertiary/aromatic N) is 1. The van der Waals surface area contributed by atoms with E-state index in [9.17, 15) is 14.7 Å². The van der Waals surface area contributed by atoms with Gasteiger partial charge in [-0.25, -0.2) is 0 Å². The lowest BCUT2D eigenvalue weighted by molar-refractivity contribution is -0.139. The lowest BCUT2D eigenvalue weighted by atomic mass is 10.1. The summed E-state index contributed by atoms with van der Waals surface area (Å²) in [6, 6.07) is -1.27. The fourth-order valence-electron chi connectivity index (χ4n) is 1.85. The summed E-state index contributed by atoms with van der Waals surface area (Å²) in [5.41, 5.74) is 5.55. The highest BCUT2D eigenvalue weighted by molar-refractivity contribution is 5.90. The van der Waals surface area contributed by atoms with Gasteiger partial charge in [-0.15, -0.1) is 0 Å². The van der Waals surface area contributed by atoms with Gasteiger partial charge in [-0.3, -0.25) is 9.59 Å². The van der Waals surface area contributed by atoms with Crippen molar-refractivity contribution < 1.29 is 14.7 Å². The quantitative estimate of drug-likeness (QED) is 0.649. The van der Waals surface area contributed by atoms with Crippen molar-refractivity contribution >= 4 is 11.7 Å². The number of carbonyl (C=O) groups is 2. The molecule has 1 heterocycles. The van der Waals surface area contributed by atoms with Crippen molar-refractivity contribution in [3.8, 4) is 0 Å². The van der Waals surface area contributed by atoms with Crippen LogP contribution in [0.4, 0.5) is 0 Å². The molecule has 3 unspecified atom stereocenters. The van der Waals surface area contributed by atoms with Crippen molar-refractivity contribution in [2.45, 2.75) is 44.9 Å². The van der Waals surface area contributed by atoms with Crippen LogP contribution in [-0.4, -0.2) is 46.4 Å². The molecule has 5 heteroatoms. The zero-order chi connectivity index (χ0) is 11.6. The molecule has 15 heavy (non-hydrogen) atoms. The maximum atomic E-state index is 11.8. The highest BCUT2D eigenvalue weighted by Crippen LogP contribution is 2.19. The molecule has 0 aromatic heterocycles. The van der Waals surface area contributed by atoms with Crippen LogP contribution in [0.15, 0.2) is 0 Å². The largest absolute Gasteiger partial charge is 0.391 e. The van der Waals surface area contributed by atoms with Gasteiger partial charge < -0.3 is 15.7 Å². The van der Waals surface area contributed by atoms with E-state index in [-0.39, 0.29) is 17.7 Å². The van der Waals surface area contributed by atoms with Crippen molar-refractivity contribution in [1.82, 2.24) is 4.90 Å². The molecule has 0 spiro atoms. The molecule has 3 N–H and O–H groups in total. The van der Waals surface area contributed by atoms with Crippen molar-refractivity contribution in [1.29, 1.82) is 0 Å². The molecule has 86 valence electrons. The van der Waals surface area contributed by atoms with E-state index in [1.54, 1.807) is 0 Å². The molecule has 1 saturated heterocycles. The molecule has 1 amide bonds. The summed E-state index contributed by atoms with van der Waals surface area (Å²) in [6.45, 7) is 3.51. The molecule has 0 aliphatic carbocycles. The van der Waals surface area contributed by atoms with Crippen molar-refractivity contribution in [2.24, 2.45) is 5.73 Å². The van der Waals surface area contributed by atoms with Gasteiger partial charge in [0.25, 0.3) is 0 Å². The number of amides is 1. The van der Waals surface area contributed by atoms with Crippen LogP contribution >= 0.6 is 0 Å². The van der Waals surface area contributed by atoms with Crippen LogP contribution < -0.4 is 5.73 Å². The number of rotatable bonds is 3. The van der Waals surface area contributed by atoms with Crippen LogP contribution in [0.25, 0.3) is 0 Å². The number of ketones is 1. The van der Waals surface area contributed by atoms with Crippen molar-refractivity contribution in [3.63, 3.8) is 0 Å². The molecule has 0 bridgehead atoms. The minimum absolute atomic E-state index is 0.0151. The minimum atomic E-state index is -0.926. The molecule has 1 aliphatic heterocycles. The third-order valence-corrected chi connectivity index (χ3v) is 2.81. The van der Waals surface area contributed by atoms with Gasteiger partial charge in [-0.1, -0.05) is 0 Å². The third kappa shape index (κ3) is 2.54. The number of hydrogen-bond acceptors (Lipinski definition) is 4. The zero-order valence-corrected chi connectivity index (χ0v) is 9.14. The van der Waals surface area contributed by atoms with Gasteiger partial charge in [0.1, 0.15) is 6.04 Å². The number of nitrogens with two attached hydrogens (primary N) is 1. The average Bonchev–Trinajstić information content (AvgIpc) is 2.63. The molecular formula is C10H18N2O3. The van der Waals surface area contributed by atoms with Gasteiger partial charge in [0.15, 0.2) is 5.78 Å². The monoisotopic (exact) mass is 214 g/mol. The lowest BCUT2D eigenvalue weighted by Crippen LogP contribution is -2.52. The topological polar surface area (TPSA) is 83.6 Å². The van der Waals surface area contributed by atoms with Crippen LogP contribution in [0.1, 0.15) is 26.7 Å². The van der Waals surface area contributed by atoms with E-state index in [1.165, 1.54) is 18.7 Å². The molecule has 1 aliphatic rings. The van der Waals surface area contributed by atoms with Gasteiger partial charge in [-0.2, -0.15) is 0 Å². The molecule has 3 atom stereocenters. The molecule has 0 radical (unpaired) electrons. The summed E-state index contributed by atoms with van der Waals surface area (Å²) in [5, 5.41) is 9.22. The number of aliphatic hydroxyl groups excluding tert-OH is 1. The predicted octanol–water partition coefficient (Wildman–Crippen LogP) is -0.725. The Morgan fingerprint density at radius 2 is 2.13 bits per heavy atom. The van der Waals surface area contributed by atoms with Crippen molar-refractivity contribution in [3.05, 3.63) is 0 Å². The summed E-state index contributed by atoms with van der Waals surface area (Å²) >= 11 is 0.